The van der Waals surface area contributed by atoms with Crippen molar-refractivity contribution in [2.75, 3.05) is 20.1 Å². The molecular formula is C10H15IN2O2. The van der Waals surface area contributed by atoms with Crippen LogP contribution in [0.15, 0.2) is 16.5 Å². The fraction of sp³-hybridized carbons (Fsp3) is 0.500. The van der Waals surface area contributed by atoms with Crippen molar-refractivity contribution in [3.63, 3.8) is 0 Å². The second-order valence-electron chi connectivity index (χ2n) is 3.22. The van der Waals surface area contributed by atoms with Crippen molar-refractivity contribution in [1.82, 2.24) is 10.2 Å². The van der Waals surface area contributed by atoms with Crippen LogP contribution >= 0.6 is 22.6 Å². The Morgan fingerprint density at radius 1 is 1.60 bits per heavy atom. The van der Waals surface area contributed by atoms with Crippen LogP contribution in [0.25, 0.3) is 0 Å². The maximum absolute atomic E-state index is 11.4. The van der Waals surface area contributed by atoms with E-state index in [9.17, 15) is 4.79 Å². The van der Waals surface area contributed by atoms with E-state index in [0.29, 0.717) is 13.1 Å². The van der Waals surface area contributed by atoms with Crippen LogP contribution in [0.4, 0.5) is 0 Å². The highest BCUT2D eigenvalue weighted by molar-refractivity contribution is 14.1. The van der Waals surface area contributed by atoms with E-state index in [2.05, 4.69) is 27.9 Å². The molecule has 0 fully saturated rings. The Morgan fingerprint density at radius 3 is 2.87 bits per heavy atom. The molecule has 0 aromatic carbocycles. The summed E-state index contributed by atoms with van der Waals surface area (Å²) in [6, 6.07) is 3.81. The number of likely N-dealkylation sites (N-methyl/N-ethyl adjacent to an activating group) is 1. The van der Waals surface area contributed by atoms with E-state index < -0.39 is 0 Å². The molecule has 0 aliphatic carbocycles. The summed E-state index contributed by atoms with van der Waals surface area (Å²) in [7, 11) is 1.79. The first-order valence-corrected chi connectivity index (χ1v) is 5.90. The van der Waals surface area contributed by atoms with Crippen LogP contribution in [0.3, 0.4) is 0 Å². The summed E-state index contributed by atoms with van der Waals surface area (Å²) in [6.07, 6.45) is 0. The van der Waals surface area contributed by atoms with Gasteiger partial charge in [0.05, 0.1) is 13.1 Å². The minimum absolute atomic E-state index is 0.0961. The molecule has 1 aromatic heterocycles. The van der Waals surface area contributed by atoms with Crippen LogP contribution in [0.5, 0.6) is 0 Å². The van der Waals surface area contributed by atoms with Gasteiger partial charge < -0.3 is 14.6 Å². The number of hydrogen-bond acceptors (Lipinski definition) is 3. The third-order valence-corrected chi connectivity index (χ3v) is 2.68. The normalized spacial score (nSPS) is 10.3. The Bertz CT molecular complexity index is 325. The van der Waals surface area contributed by atoms with Gasteiger partial charge in [0.25, 0.3) is 0 Å². The lowest BCUT2D eigenvalue weighted by Gasteiger charge is -2.14. The topological polar surface area (TPSA) is 45.5 Å². The molecule has 0 aliphatic rings. The van der Waals surface area contributed by atoms with E-state index in [1.165, 1.54) is 0 Å². The molecule has 1 amide bonds. The van der Waals surface area contributed by atoms with E-state index in [1.54, 1.807) is 11.9 Å². The summed E-state index contributed by atoms with van der Waals surface area (Å²) in [5.74, 6) is 0.949. The van der Waals surface area contributed by atoms with Crippen LogP contribution in [-0.4, -0.2) is 30.9 Å². The highest BCUT2D eigenvalue weighted by atomic mass is 127. The molecule has 0 spiro atoms. The van der Waals surface area contributed by atoms with Gasteiger partial charge in [-0.3, -0.25) is 4.79 Å². The first-order chi connectivity index (χ1) is 7.13. The van der Waals surface area contributed by atoms with Gasteiger partial charge >= 0.3 is 0 Å². The van der Waals surface area contributed by atoms with E-state index in [-0.39, 0.29) is 5.91 Å². The Hall–Kier alpha value is -0.560. The van der Waals surface area contributed by atoms with Crippen LogP contribution in [-0.2, 0) is 11.3 Å². The Labute approximate surface area is 103 Å². The first-order valence-electron chi connectivity index (χ1n) is 4.82. The van der Waals surface area contributed by atoms with Gasteiger partial charge in [0.2, 0.25) is 5.91 Å². The monoisotopic (exact) mass is 322 g/mol. The summed E-state index contributed by atoms with van der Waals surface area (Å²) >= 11 is 2.11. The van der Waals surface area contributed by atoms with Crippen LogP contribution < -0.4 is 5.32 Å². The van der Waals surface area contributed by atoms with Gasteiger partial charge in [-0.25, -0.2) is 0 Å². The van der Waals surface area contributed by atoms with Gasteiger partial charge in [0.15, 0.2) is 3.77 Å². The number of rotatable bonds is 5. The number of carbonyl (C=O) groups excluding carboxylic acids is 1. The summed E-state index contributed by atoms with van der Waals surface area (Å²) in [5.41, 5.74) is 0. The quantitative estimate of drug-likeness (QED) is 0.835. The number of carbonyl (C=O) groups is 1. The van der Waals surface area contributed by atoms with E-state index in [0.717, 1.165) is 16.1 Å². The third kappa shape index (κ3) is 4.21. The molecule has 0 aliphatic heterocycles. The Balaban J connectivity index is 2.24. The largest absolute Gasteiger partial charge is 0.454 e. The minimum Gasteiger partial charge on any atom is -0.454 e. The average Bonchev–Trinajstić information content (AvgIpc) is 2.63. The number of furan rings is 1. The molecule has 1 heterocycles. The maximum Gasteiger partial charge on any atom is 0.236 e. The lowest BCUT2D eigenvalue weighted by atomic mass is 10.4. The van der Waals surface area contributed by atoms with Gasteiger partial charge in [-0.2, -0.15) is 0 Å². The predicted octanol–water partition coefficient (Wildman–Crippen LogP) is 1.45. The van der Waals surface area contributed by atoms with Crippen molar-refractivity contribution in [1.29, 1.82) is 0 Å². The van der Waals surface area contributed by atoms with E-state index >= 15 is 0 Å². The molecule has 0 unspecified atom stereocenters. The summed E-state index contributed by atoms with van der Waals surface area (Å²) < 4.78 is 6.21. The predicted molar refractivity (Wildman–Crippen MR) is 66.4 cm³/mol. The van der Waals surface area contributed by atoms with Gasteiger partial charge in [-0.15, -0.1) is 0 Å². The number of halogens is 1. The molecule has 1 aromatic rings. The Morgan fingerprint density at radius 2 is 2.33 bits per heavy atom. The molecule has 1 N–H and O–H groups in total. The van der Waals surface area contributed by atoms with Crippen LogP contribution in [0.1, 0.15) is 12.7 Å². The SMILES string of the molecule is CCN(C)C(=O)CNCc1ccc(I)o1. The van der Waals surface area contributed by atoms with Crippen molar-refractivity contribution in [2.24, 2.45) is 0 Å². The van der Waals surface area contributed by atoms with Crippen molar-refractivity contribution >= 4 is 28.5 Å². The molecule has 4 nitrogen and oxygen atoms in total. The molecule has 0 radical (unpaired) electrons. The molecule has 0 saturated heterocycles. The van der Waals surface area contributed by atoms with Gasteiger partial charge in [0.1, 0.15) is 5.76 Å². The zero-order valence-electron chi connectivity index (χ0n) is 8.92. The van der Waals surface area contributed by atoms with E-state index in [4.69, 9.17) is 4.42 Å². The second kappa shape index (κ2) is 6.12. The van der Waals surface area contributed by atoms with Crippen molar-refractivity contribution < 1.29 is 9.21 Å². The smallest absolute Gasteiger partial charge is 0.236 e. The zero-order chi connectivity index (χ0) is 11.3. The van der Waals surface area contributed by atoms with Crippen molar-refractivity contribution in [2.45, 2.75) is 13.5 Å². The molecule has 15 heavy (non-hydrogen) atoms. The molecule has 84 valence electrons. The standard InChI is InChI=1S/C10H15IN2O2/c1-3-13(2)10(14)7-12-6-8-4-5-9(11)15-8/h4-5,12H,3,6-7H2,1-2H3. The van der Waals surface area contributed by atoms with Crippen molar-refractivity contribution in [3.8, 4) is 0 Å². The summed E-state index contributed by atoms with van der Waals surface area (Å²) in [5, 5.41) is 3.04. The Kier molecular flexibility index (Phi) is 5.10. The molecule has 1 rings (SSSR count). The molecule has 5 heteroatoms. The molecule has 0 bridgehead atoms. The zero-order valence-corrected chi connectivity index (χ0v) is 11.1. The maximum atomic E-state index is 11.4. The average molecular weight is 322 g/mol. The van der Waals surface area contributed by atoms with Gasteiger partial charge in [-0.1, -0.05) is 0 Å². The van der Waals surface area contributed by atoms with Gasteiger partial charge in [0, 0.05) is 13.6 Å². The second-order valence-corrected chi connectivity index (χ2v) is 4.28. The fourth-order valence-corrected chi connectivity index (χ4v) is 1.51. The van der Waals surface area contributed by atoms with Gasteiger partial charge in [-0.05, 0) is 41.6 Å². The number of amides is 1. The van der Waals surface area contributed by atoms with Crippen molar-refractivity contribution in [3.05, 3.63) is 21.7 Å². The van der Waals surface area contributed by atoms with Crippen LogP contribution in [0, 0.1) is 3.77 Å². The minimum atomic E-state index is 0.0961. The lowest BCUT2D eigenvalue weighted by Crippen LogP contribution is -2.35. The molecule has 0 atom stereocenters. The lowest BCUT2D eigenvalue weighted by molar-refractivity contribution is -0.128. The fourth-order valence-electron chi connectivity index (χ4n) is 1.05. The van der Waals surface area contributed by atoms with Crippen LogP contribution in [0.2, 0.25) is 0 Å². The summed E-state index contributed by atoms with van der Waals surface area (Å²) in [4.78, 5) is 13.1. The molecule has 0 saturated carbocycles. The number of hydrogen-bond donors (Lipinski definition) is 1. The summed E-state index contributed by atoms with van der Waals surface area (Å²) in [6.45, 7) is 3.62. The van der Waals surface area contributed by atoms with E-state index in [1.807, 2.05) is 19.1 Å². The number of nitrogens with one attached hydrogen (secondary N) is 1. The highest BCUT2D eigenvalue weighted by Gasteiger charge is 2.06. The first kappa shape index (κ1) is 12.5. The highest BCUT2D eigenvalue weighted by Crippen LogP contribution is 2.09. The molecular weight excluding hydrogens is 307 g/mol. The third-order valence-electron chi connectivity index (χ3n) is 2.10. The number of nitrogens with zero attached hydrogens (tertiary/aromatic N) is 1.